The van der Waals surface area contributed by atoms with E-state index in [0.717, 1.165) is 32.5 Å². The lowest BCUT2D eigenvalue weighted by atomic mass is 10.0. The molecule has 6 nitrogen and oxygen atoms in total. The summed E-state index contributed by atoms with van der Waals surface area (Å²) in [6, 6.07) is 0. The molecule has 0 aliphatic carbocycles. The van der Waals surface area contributed by atoms with Crippen molar-refractivity contribution >= 4 is 10.2 Å². The van der Waals surface area contributed by atoms with E-state index in [0.29, 0.717) is 38.6 Å². The van der Waals surface area contributed by atoms with Gasteiger partial charge in [-0.1, -0.05) is 6.92 Å². The highest BCUT2D eigenvalue weighted by Gasteiger charge is 2.34. The zero-order valence-corrected chi connectivity index (χ0v) is 12.6. The Morgan fingerprint density at radius 1 is 1.11 bits per heavy atom. The van der Waals surface area contributed by atoms with Gasteiger partial charge in [-0.2, -0.15) is 17.0 Å². The van der Waals surface area contributed by atoms with Crippen molar-refractivity contribution in [3.8, 4) is 0 Å². The van der Waals surface area contributed by atoms with E-state index in [-0.39, 0.29) is 0 Å². The first kappa shape index (κ1) is 15.2. The maximum Gasteiger partial charge on any atom is 0.282 e. The number of nitrogens with two attached hydrogens (primary N) is 1. The van der Waals surface area contributed by atoms with Gasteiger partial charge >= 0.3 is 0 Å². The second-order valence-corrected chi connectivity index (χ2v) is 7.57. The molecule has 0 radical (unpaired) electrons. The number of nitrogens with zero attached hydrogens (tertiary/aromatic N) is 3. The van der Waals surface area contributed by atoms with Crippen LogP contribution in [-0.2, 0) is 10.2 Å². The summed E-state index contributed by atoms with van der Waals surface area (Å²) >= 11 is 0. The third-order valence-corrected chi connectivity index (χ3v) is 6.05. The van der Waals surface area contributed by atoms with Crippen molar-refractivity contribution in [2.75, 3.05) is 52.4 Å². The first-order chi connectivity index (χ1) is 9.04. The summed E-state index contributed by atoms with van der Waals surface area (Å²) < 4.78 is 28.4. The Kier molecular flexibility index (Phi) is 5.19. The van der Waals surface area contributed by atoms with Crippen molar-refractivity contribution in [3.63, 3.8) is 0 Å². The highest BCUT2D eigenvalue weighted by molar-refractivity contribution is 7.86. The fraction of sp³-hybridized carbons (Fsp3) is 1.00. The standard InChI is InChI=1S/C12H26N4O2S/c1-12-3-2-5-16(11-12)19(17,18)15-9-7-14(6-4-13)8-10-15/h12H,2-11,13H2,1H3. The van der Waals surface area contributed by atoms with Crippen molar-refractivity contribution in [3.05, 3.63) is 0 Å². The van der Waals surface area contributed by atoms with E-state index in [1.54, 1.807) is 8.61 Å². The van der Waals surface area contributed by atoms with E-state index < -0.39 is 10.2 Å². The SMILES string of the molecule is CC1CCCN(S(=O)(=O)N2CCN(CCN)CC2)C1. The fourth-order valence-electron chi connectivity index (χ4n) is 2.89. The molecule has 2 saturated heterocycles. The van der Waals surface area contributed by atoms with Gasteiger partial charge in [0.15, 0.2) is 0 Å². The molecular formula is C12H26N4O2S. The first-order valence-corrected chi connectivity index (χ1v) is 8.61. The molecule has 0 bridgehead atoms. The molecule has 0 aromatic heterocycles. The van der Waals surface area contributed by atoms with Crippen LogP contribution in [0.5, 0.6) is 0 Å². The van der Waals surface area contributed by atoms with Gasteiger partial charge in [-0.15, -0.1) is 0 Å². The van der Waals surface area contributed by atoms with E-state index >= 15 is 0 Å². The largest absolute Gasteiger partial charge is 0.329 e. The summed E-state index contributed by atoms with van der Waals surface area (Å²) in [4.78, 5) is 2.23. The summed E-state index contributed by atoms with van der Waals surface area (Å²) in [6.07, 6.45) is 2.11. The molecule has 2 N–H and O–H groups in total. The Balaban J connectivity index is 1.93. The predicted molar refractivity (Wildman–Crippen MR) is 76.0 cm³/mol. The van der Waals surface area contributed by atoms with Crippen LogP contribution in [-0.4, -0.2) is 74.3 Å². The van der Waals surface area contributed by atoms with Crippen molar-refractivity contribution < 1.29 is 8.42 Å². The molecule has 0 aromatic carbocycles. The van der Waals surface area contributed by atoms with Gasteiger partial charge in [-0.05, 0) is 18.8 Å². The van der Waals surface area contributed by atoms with Gasteiger partial charge in [-0.25, -0.2) is 0 Å². The maximum atomic E-state index is 12.6. The Labute approximate surface area is 116 Å². The van der Waals surface area contributed by atoms with Gasteiger partial charge in [0.2, 0.25) is 0 Å². The lowest BCUT2D eigenvalue weighted by Gasteiger charge is -2.38. The molecular weight excluding hydrogens is 264 g/mol. The molecule has 0 amide bonds. The molecule has 2 aliphatic heterocycles. The molecule has 7 heteroatoms. The topological polar surface area (TPSA) is 69.9 Å². The number of rotatable bonds is 4. The van der Waals surface area contributed by atoms with Crippen LogP contribution in [0.3, 0.4) is 0 Å². The quantitative estimate of drug-likeness (QED) is 0.760. The Hall–Kier alpha value is -0.210. The van der Waals surface area contributed by atoms with Crippen LogP contribution >= 0.6 is 0 Å². The van der Waals surface area contributed by atoms with Crippen LogP contribution in [0.15, 0.2) is 0 Å². The molecule has 0 spiro atoms. The van der Waals surface area contributed by atoms with E-state index in [4.69, 9.17) is 5.73 Å². The van der Waals surface area contributed by atoms with Gasteiger partial charge < -0.3 is 5.73 Å². The summed E-state index contributed by atoms with van der Waals surface area (Å²) in [7, 11) is -3.25. The molecule has 2 fully saturated rings. The Morgan fingerprint density at radius 2 is 1.79 bits per heavy atom. The first-order valence-electron chi connectivity index (χ1n) is 7.21. The third kappa shape index (κ3) is 3.66. The van der Waals surface area contributed by atoms with Crippen LogP contribution in [0.25, 0.3) is 0 Å². The monoisotopic (exact) mass is 290 g/mol. The smallest absolute Gasteiger partial charge is 0.282 e. The minimum absolute atomic E-state index is 0.474. The second kappa shape index (κ2) is 6.49. The summed E-state index contributed by atoms with van der Waals surface area (Å²) in [6.45, 7) is 7.73. The molecule has 0 saturated carbocycles. The van der Waals surface area contributed by atoms with Gasteiger partial charge in [0.05, 0.1) is 0 Å². The molecule has 0 aromatic rings. The van der Waals surface area contributed by atoms with E-state index in [1.165, 1.54) is 0 Å². The number of piperidine rings is 1. The zero-order valence-electron chi connectivity index (χ0n) is 11.8. The Morgan fingerprint density at radius 3 is 2.37 bits per heavy atom. The lowest BCUT2D eigenvalue weighted by molar-refractivity contribution is 0.178. The van der Waals surface area contributed by atoms with Crippen molar-refractivity contribution in [2.45, 2.75) is 19.8 Å². The number of hydrogen-bond donors (Lipinski definition) is 1. The Bertz CT molecular complexity index is 379. The van der Waals surface area contributed by atoms with E-state index in [9.17, 15) is 8.42 Å². The minimum atomic E-state index is -3.25. The van der Waals surface area contributed by atoms with Gasteiger partial charge in [-0.3, -0.25) is 4.90 Å². The molecule has 1 atom stereocenters. The molecule has 112 valence electrons. The fourth-order valence-corrected chi connectivity index (χ4v) is 4.64. The zero-order chi connectivity index (χ0) is 13.9. The van der Waals surface area contributed by atoms with Gasteiger partial charge in [0.25, 0.3) is 10.2 Å². The lowest BCUT2D eigenvalue weighted by Crippen LogP contribution is -2.54. The van der Waals surface area contributed by atoms with Crippen LogP contribution in [0.1, 0.15) is 19.8 Å². The summed E-state index contributed by atoms with van der Waals surface area (Å²) in [5.41, 5.74) is 5.53. The number of hydrogen-bond acceptors (Lipinski definition) is 4. The third-order valence-electron chi connectivity index (χ3n) is 4.05. The molecule has 2 heterocycles. The normalized spacial score (nSPS) is 28.6. The van der Waals surface area contributed by atoms with Crippen molar-refractivity contribution in [2.24, 2.45) is 11.7 Å². The molecule has 2 aliphatic rings. The van der Waals surface area contributed by atoms with Crippen molar-refractivity contribution in [1.82, 2.24) is 13.5 Å². The maximum absolute atomic E-state index is 12.6. The number of piperazine rings is 1. The molecule has 2 rings (SSSR count). The second-order valence-electron chi connectivity index (χ2n) is 5.64. The summed E-state index contributed by atoms with van der Waals surface area (Å²) in [5, 5.41) is 0. The predicted octanol–water partition coefficient (Wildman–Crippen LogP) is -0.461. The summed E-state index contributed by atoms with van der Waals surface area (Å²) in [5.74, 6) is 0.474. The van der Waals surface area contributed by atoms with Crippen LogP contribution in [0.2, 0.25) is 0 Å². The molecule has 1 unspecified atom stereocenters. The van der Waals surface area contributed by atoms with Crippen LogP contribution in [0, 0.1) is 5.92 Å². The highest BCUT2D eigenvalue weighted by Crippen LogP contribution is 2.21. The van der Waals surface area contributed by atoms with E-state index in [2.05, 4.69) is 11.8 Å². The van der Waals surface area contributed by atoms with E-state index in [1.807, 2.05) is 0 Å². The van der Waals surface area contributed by atoms with Gasteiger partial charge in [0.1, 0.15) is 0 Å². The molecule has 19 heavy (non-hydrogen) atoms. The van der Waals surface area contributed by atoms with Gasteiger partial charge in [0, 0.05) is 52.4 Å². The average molecular weight is 290 g/mol. The average Bonchev–Trinajstić information content (AvgIpc) is 2.40. The highest BCUT2D eigenvalue weighted by atomic mass is 32.2. The van der Waals surface area contributed by atoms with Crippen LogP contribution < -0.4 is 5.73 Å². The minimum Gasteiger partial charge on any atom is -0.329 e. The van der Waals surface area contributed by atoms with Crippen molar-refractivity contribution in [1.29, 1.82) is 0 Å². The van der Waals surface area contributed by atoms with Crippen LogP contribution in [0.4, 0.5) is 0 Å².